The van der Waals surface area contributed by atoms with Gasteiger partial charge in [0, 0.05) is 5.69 Å². The average Bonchev–Trinajstić information content (AvgIpc) is 3.11. The first-order valence-electron chi connectivity index (χ1n) is 10.3. The van der Waals surface area contributed by atoms with Crippen molar-refractivity contribution in [3.8, 4) is 17.2 Å². The molecule has 1 unspecified atom stereocenters. The fourth-order valence-electron chi connectivity index (χ4n) is 4.04. The lowest BCUT2D eigenvalue weighted by atomic mass is 9.94. The van der Waals surface area contributed by atoms with E-state index >= 15 is 0 Å². The van der Waals surface area contributed by atoms with E-state index in [1.807, 2.05) is 0 Å². The van der Waals surface area contributed by atoms with Gasteiger partial charge in [-0.2, -0.15) is 0 Å². The van der Waals surface area contributed by atoms with Gasteiger partial charge in [-0.15, -0.1) is 0 Å². The van der Waals surface area contributed by atoms with E-state index in [1.165, 1.54) is 50.6 Å². The van der Waals surface area contributed by atoms with Crippen LogP contribution < -0.4 is 14.4 Å². The molecule has 3 aromatic rings. The summed E-state index contributed by atoms with van der Waals surface area (Å²) < 4.78 is 10.6. The SMILES string of the molecule is COc1c(Cl)cc(/C(O)=C2\C(=O)C(=O)N(c3ccc(Cl)c(Cl)c3)C2c2cccc(O)c2)c(OC)c1Cl. The summed E-state index contributed by atoms with van der Waals surface area (Å²) in [6, 6.07) is 10.5. The Balaban J connectivity index is 2.03. The summed E-state index contributed by atoms with van der Waals surface area (Å²) in [6.07, 6.45) is 0. The van der Waals surface area contributed by atoms with Crippen LogP contribution in [0, 0.1) is 0 Å². The second-order valence-corrected chi connectivity index (χ2v) is 9.25. The fourth-order valence-corrected chi connectivity index (χ4v) is 5.02. The van der Waals surface area contributed by atoms with Crippen molar-refractivity contribution >= 4 is 69.5 Å². The first kappa shape index (κ1) is 26.0. The Hall–Kier alpha value is -3.10. The molecule has 1 heterocycles. The molecule has 3 aromatic carbocycles. The van der Waals surface area contributed by atoms with Crippen LogP contribution >= 0.6 is 46.4 Å². The van der Waals surface area contributed by atoms with Gasteiger partial charge in [0.05, 0.1) is 46.5 Å². The number of rotatable bonds is 5. The lowest BCUT2D eigenvalue weighted by Crippen LogP contribution is -2.29. The van der Waals surface area contributed by atoms with E-state index in [4.69, 9.17) is 55.9 Å². The van der Waals surface area contributed by atoms with E-state index in [-0.39, 0.29) is 54.2 Å². The molecular weight excluding hydrogens is 552 g/mol. The van der Waals surface area contributed by atoms with Gasteiger partial charge in [0.25, 0.3) is 11.7 Å². The highest BCUT2D eigenvalue weighted by molar-refractivity contribution is 6.52. The van der Waals surface area contributed by atoms with E-state index in [0.29, 0.717) is 5.56 Å². The van der Waals surface area contributed by atoms with Gasteiger partial charge in [0.15, 0.2) is 11.5 Å². The number of aromatic hydroxyl groups is 1. The van der Waals surface area contributed by atoms with E-state index in [1.54, 1.807) is 12.1 Å². The van der Waals surface area contributed by atoms with E-state index in [0.717, 1.165) is 4.90 Å². The third kappa shape index (κ3) is 4.33. The van der Waals surface area contributed by atoms with Crippen molar-refractivity contribution in [1.29, 1.82) is 0 Å². The van der Waals surface area contributed by atoms with Crippen LogP contribution in [-0.4, -0.2) is 36.1 Å². The largest absolute Gasteiger partial charge is 0.508 e. The van der Waals surface area contributed by atoms with Crippen molar-refractivity contribution < 1.29 is 29.3 Å². The summed E-state index contributed by atoms with van der Waals surface area (Å²) in [5.74, 6) is -2.55. The minimum atomic E-state index is -1.15. The number of hydrogen-bond donors (Lipinski definition) is 2. The number of ketones is 1. The fraction of sp³-hybridized carbons (Fsp3) is 0.120. The predicted molar refractivity (Wildman–Crippen MR) is 139 cm³/mol. The Kier molecular flexibility index (Phi) is 7.29. The molecule has 0 aromatic heterocycles. The van der Waals surface area contributed by atoms with Crippen LogP contribution in [0.25, 0.3) is 5.76 Å². The van der Waals surface area contributed by atoms with Gasteiger partial charge in [-0.3, -0.25) is 14.5 Å². The lowest BCUT2D eigenvalue weighted by Gasteiger charge is -2.26. The molecule has 36 heavy (non-hydrogen) atoms. The molecule has 0 bridgehead atoms. The van der Waals surface area contributed by atoms with Crippen LogP contribution in [0.15, 0.2) is 54.1 Å². The normalized spacial score (nSPS) is 16.9. The number of amides is 1. The standard InChI is InChI=1S/C25H17Cl4NO6/c1-35-23-14(10-17(28)24(36-2)19(23)29)21(32)18-20(11-4-3-5-13(31)8-11)30(25(34)22(18)33)12-6-7-15(26)16(27)9-12/h3-10,20,31-32H,1-2H3/b21-18+. The summed E-state index contributed by atoms with van der Waals surface area (Å²) in [5.41, 5.74) is 0.265. The Morgan fingerprint density at radius 2 is 1.58 bits per heavy atom. The summed E-state index contributed by atoms with van der Waals surface area (Å²) >= 11 is 24.9. The molecule has 0 radical (unpaired) electrons. The molecule has 1 aliphatic heterocycles. The van der Waals surface area contributed by atoms with Gasteiger partial charge < -0.3 is 19.7 Å². The smallest absolute Gasteiger partial charge is 0.300 e. The second kappa shape index (κ2) is 10.1. The quantitative estimate of drug-likeness (QED) is 0.203. The van der Waals surface area contributed by atoms with Crippen molar-refractivity contribution in [2.75, 3.05) is 19.1 Å². The Morgan fingerprint density at radius 1 is 0.889 bits per heavy atom. The molecule has 1 saturated heterocycles. The molecule has 0 aliphatic carbocycles. The third-order valence-corrected chi connectivity index (χ3v) is 6.97. The maximum Gasteiger partial charge on any atom is 0.300 e. The van der Waals surface area contributed by atoms with Crippen LogP contribution in [-0.2, 0) is 9.59 Å². The zero-order valence-corrected chi connectivity index (χ0v) is 21.7. The number of phenols is 1. The number of Topliss-reactive ketones (excluding diaryl/α,β-unsaturated/α-hetero) is 1. The number of halogens is 4. The predicted octanol–water partition coefficient (Wildman–Crippen LogP) is 6.65. The van der Waals surface area contributed by atoms with Crippen molar-refractivity contribution in [1.82, 2.24) is 0 Å². The molecule has 1 amide bonds. The highest BCUT2D eigenvalue weighted by Gasteiger charge is 2.47. The average molecular weight is 569 g/mol. The summed E-state index contributed by atoms with van der Waals surface area (Å²) in [4.78, 5) is 27.8. The highest BCUT2D eigenvalue weighted by Crippen LogP contribution is 2.48. The third-order valence-electron chi connectivity index (χ3n) is 5.61. The molecule has 0 spiro atoms. The van der Waals surface area contributed by atoms with E-state index in [9.17, 15) is 19.8 Å². The maximum atomic E-state index is 13.4. The Labute approximate surface area is 226 Å². The van der Waals surface area contributed by atoms with Crippen LogP contribution in [0.1, 0.15) is 17.2 Å². The summed E-state index contributed by atoms with van der Waals surface area (Å²) in [5, 5.41) is 22.0. The minimum absolute atomic E-state index is 0.0224. The molecule has 2 N–H and O–H groups in total. The van der Waals surface area contributed by atoms with Gasteiger partial charge in [-0.25, -0.2) is 0 Å². The number of hydrogen-bond acceptors (Lipinski definition) is 6. The van der Waals surface area contributed by atoms with Gasteiger partial charge >= 0.3 is 0 Å². The first-order chi connectivity index (χ1) is 17.1. The van der Waals surface area contributed by atoms with Gasteiger partial charge in [-0.05, 0) is 42.0 Å². The van der Waals surface area contributed by atoms with Gasteiger partial charge in [-0.1, -0.05) is 58.5 Å². The van der Waals surface area contributed by atoms with E-state index < -0.39 is 23.5 Å². The zero-order chi connectivity index (χ0) is 26.3. The molecule has 1 aliphatic rings. The van der Waals surface area contributed by atoms with Crippen molar-refractivity contribution in [3.05, 3.63) is 85.3 Å². The van der Waals surface area contributed by atoms with Crippen molar-refractivity contribution in [2.45, 2.75) is 6.04 Å². The summed E-state index contributed by atoms with van der Waals surface area (Å²) in [6.45, 7) is 0. The minimum Gasteiger partial charge on any atom is -0.508 e. The molecule has 4 rings (SSSR count). The van der Waals surface area contributed by atoms with Crippen molar-refractivity contribution in [3.63, 3.8) is 0 Å². The molecule has 11 heteroatoms. The van der Waals surface area contributed by atoms with E-state index in [2.05, 4.69) is 0 Å². The number of phenolic OH excluding ortho intramolecular Hbond substituents is 1. The summed E-state index contributed by atoms with van der Waals surface area (Å²) in [7, 11) is 2.67. The number of anilines is 1. The molecule has 1 atom stereocenters. The molecule has 1 fully saturated rings. The second-order valence-electron chi connectivity index (χ2n) is 7.65. The molecule has 186 valence electrons. The highest BCUT2D eigenvalue weighted by atomic mass is 35.5. The number of carbonyl (C=O) groups excluding carboxylic acids is 2. The van der Waals surface area contributed by atoms with Crippen LogP contribution in [0.3, 0.4) is 0 Å². The number of benzene rings is 3. The van der Waals surface area contributed by atoms with Crippen LogP contribution in [0.2, 0.25) is 20.1 Å². The van der Waals surface area contributed by atoms with Crippen LogP contribution in [0.5, 0.6) is 17.2 Å². The zero-order valence-electron chi connectivity index (χ0n) is 18.7. The number of methoxy groups -OCH3 is 2. The molecule has 7 nitrogen and oxygen atoms in total. The monoisotopic (exact) mass is 567 g/mol. The van der Waals surface area contributed by atoms with Gasteiger partial charge in [0.1, 0.15) is 16.5 Å². The lowest BCUT2D eigenvalue weighted by molar-refractivity contribution is -0.132. The van der Waals surface area contributed by atoms with Gasteiger partial charge in [0.2, 0.25) is 0 Å². The Bertz CT molecular complexity index is 1440. The number of aliphatic hydroxyl groups excluding tert-OH is 1. The first-order valence-corrected chi connectivity index (χ1v) is 11.8. The molecule has 0 saturated carbocycles. The maximum absolute atomic E-state index is 13.4. The number of aliphatic hydroxyl groups is 1. The van der Waals surface area contributed by atoms with Crippen LogP contribution in [0.4, 0.5) is 5.69 Å². The Morgan fingerprint density at radius 3 is 2.19 bits per heavy atom. The topological polar surface area (TPSA) is 96.3 Å². The number of carbonyl (C=O) groups is 2. The number of nitrogens with zero attached hydrogens (tertiary/aromatic N) is 1. The van der Waals surface area contributed by atoms with Crippen molar-refractivity contribution in [2.24, 2.45) is 0 Å². The number of ether oxygens (including phenoxy) is 2. The molecular formula is C25H17Cl4NO6.